The maximum atomic E-state index is 12.2. The van der Waals surface area contributed by atoms with Gasteiger partial charge in [-0.25, -0.2) is 0 Å². The van der Waals surface area contributed by atoms with E-state index in [0.717, 1.165) is 16.8 Å². The Hall–Kier alpha value is -2.86. The molecule has 0 atom stereocenters. The van der Waals surface area contributed by atoms with Crippen LogP contribution in [-0.2, 0) is 4.79 Å². The molecule has 3 aromatic rings. The predicted molar refractivity (Wildman–Crippen MR) is 101 cm³/mol. The maximum absolute atomic E-state index is 12.2. The molecule has 1 heterocycles. The molecule has 0 saturated carbocycles. The Labute approximate surface area is 155 Å². The SMILES string of the molecule is Cc1ccc(C)c(NC(=O)CCNC(=O)c2ccc3nc(Cl)oc3c2)c1. The molecule has 0 aliphatic carbocycles. The molecule has 6 nitrogen and oxygen atoms in total. The van der Waals surface area contributed by atoms with Crippen LogP contribution in [0.5, 0.6) is 0 Å². The molecule has 0 bridgehead atoms. The molecule has 3 rings (SSSR count). The first-order valence-corrected chi connectivity index (χ1v) is 8.51. The van der Waals surface area contributed by atoms with Gasteiger partial charge in [0.05, 0.1) is 0 Å². The quantitative estimate of drug-likeness (QED) is 0.713. The molecule has 0 fully saturated rings. The van der Waals surface area contributed by atoms with Gasteiger partial charge in [0, 0.05) is 24.2 Å². The number of amides is 2. The molecule has 2 amide bonds. The van der Waals surface area contributed by atoms with Crippen molar-refractivity contribution in [1.29, 1.82) is 0 Å². The summed E-state index contributed by atoms with van der Waals surface area (Å²) in [4.78, 5) is 28.2. The van der Waals surface area contributed by atoms with Crippen molar-refractivity contribution < 1.29 is 14.0 Å². The minimum atomic E-state index is -0.293. The number of rotatable bonds is 5. The van der Waals surface area contributed by atoms with Crippen molar-refractivity contribution in [3.8, 4) is 0 Å². The highest BCUT2D eigenvalue weighted by atomic mass is 35.5. The van der Waals surface area contributed by atoms with Gasteiger partial charge >= 0.3 is 0 Å². The van der Waals surface area contributed by atoms with E-state index in [1.807, 2.05) is 32.0 Å². The normalized spacial score (nSPS) is 10.7. The number of aryl methyl sites for hydroxylation is 2. The van der Waals surface area contributed by atoms with Crippen LogP contribution >= 0.6 is 11.6 Å². The summed E-state index contributed by atoms with van der Waals surface area (Å²) >= 11 is 5.70. The van der Waals surface area contributed by atoms with Gasteiger partial charge in [0.1, 0.15) is 5.52 Å². The Morgan fingerprint density at radius 2 is 1.96 bits per heavy atom. The van der Waals surface area contributed by atoms with Gasteiger partial charge in [-0.3, -0.25) is 9.59 Å². The van der Waals surface area contributed by atoms with Gasteiger partial charge in [0.25, 0.3) is 11.3 Å². The number of benzene rings is 2. The van der Waals surface area contributed by atoms with E-state index in [9.17, 15) is 9.59 Å². The standard InChI is InChI=1S/C19H18ClN3O3/c1-11-3-4-12(2)15(9-11)22-17(24)7-8-21-18(25)13-5-6-14-16(10-13)26-19(20)23-14/h3-6,9-10H,7-8H2,1-2H3,(H,21,25)(H,22,24). The molecule has 0 aliphatic rings. The molecule has 2 aromatic carbocycles. The number of hydrogen-bond acceptors (Lipinski definition) is 4. The highest BCUT2D eigenvalue weighted by Crippen LogP contribution is 2.20. The van der Waals surface area contributed by atoms with Crippen LogP contribution in [0, 0.1) is 13.8 Å². The molecule has 1 aromatic heterocycles. The van der Waals surface area contributed by atoms with E-state index in [0.29, 0.717) is 16.7 Å². The summed E-state index contributed by atoms with van der Waals surface area (Å²) in [7, 11) is 0. The molecule has 0 aliphatic heterocycles. The van der Waals surface area contributed by atoms with Crippen molar-refractivity contribution in [2.24, 2.45) is 0 Å². The summed E-state index contributed by atoms with van der Waals surface area (Å²) in [6, 6.07) is 10.7. The number of nitrogens with one attached hydrogen (secondary N) is 2. The van der Waals surface area contributed by atoms with E-state index < -0.39 is 0 Å². The number of anilines is 1. The second kappa shape index (κ2) is 7.58. The first-order chi connectivity index (χ1) is 12.4. The van der Waals surface area contributed by atoms with Gasteiger partial charge in [-0.15, -0.1) is 0 Å². The Morgan fingerprint density at radius 1 is 1.15 bits per heavy atom. The number of fused-ring (bicyclic) bond motifs is 1. The smallest absolute Gasteiger partial charge is 0.293 e. The monoisotopic (exact) mass is 371 g/mol. The largest absolute Gasteiger partial charge is 0.428 e. The van der Waals surface area contributed by atoms with Gasteiger partial charge < -0.3 is 15.1 Å². The van der Waals surface area contributed by atoms with Crippen LogP contribution in [0.4, 0.5) is 5.69 Å². The lowest BCUT2D eigenvalue weighted by molar-refractivity contribution is -0.116. The van der Waals surface area contributed by atoms with Crippen LogP contribution in [0.1, 0.15) is 27.9 Å². The van der Waals surface area contributed by atoms with E-state index in [-0.39, 0.29) is 30.1 Å². The second-order valence-corrected chi connectivity index (χ2v) is 6.35. The number of carbonyl (C=O) groups excluding carboxylic acids is 2. The van der Waals surface area contributed by atoms with E-state index in [2.05, 4.69) is 15.6 Å². The first-order valence-electron chi connectivity index (χ1n) is 8.14. The zero-order valence-corrected chi connectivity index (χ0v) is 15.2. The highest BCUT2D eigenvalue weighted by Gasteiger charge is 2.11. The van der Waals surface area contributed by atoms with Crippen LogP contribution in [-0.4, -0.2) is 23.3 Å². The number of oxazole rings is 1. The van der Waals surface area contributed by atoms with Gasteiger partial charge in [0.2, 0.25) is 5.91 Å². The summed E-state index contributed by atoms with van der Waals surface area (Å²) in [6.45, 7) is 4.13. The van der Waals surface area contributed by atoms with E-state index in [1.165, 1.54) is 0 Å². The lowest BCUT2D eigenvalue weighted by atomic mass is 10.1. The molecule has 134 valence electrons. The predicted octanol–water partition coefficient (Wildman–Crippen LogP) is 3.86. The molecule has 0 saturated heterocycles. The average molecular weight is 372 g/mol. The Kier molecular flexibility index (Phi) is 5.23. The Balaban J connectivity index is 1.54. The second-order valence-electron chi connectivity index (χ2n) is 6.02. The minimum absolute atomic E-state index is 0.0284. The van der Waals surface area contributed by atoms with Gasteiger partial charge in [-0.05, 0) is 60.8 Å². The number of aromatic nitrogens is 1. The summed E-state index contributed by atoms with van der Waals surface area (Å²) in [5, 5.41) is 5.61. The van der Waals surface area contributed by atoms with Gasteiger partial charge in [-0.1, -0.05) is 12.1 Å². The van der Waals surface area contributed by atoms with Crippen molar-refractivity contribution in [3.63, 3.8) is 0 Å². The summed E-state index contributed by atoms with van der Waals surface area (Å²) < 4.78 is 5.20. The van der Waals surface area contributed by atoms with Crippen molar-refractivity contribution in [2.75, 3.05) is 11.9 Å². The van der Waals surface area contributed by atoms with Crippen molar-refractivity contribution >= 4 is 40.2 Å². The van der Waals surface area contributed by atoms with Crippen molar-refractivity contribution in [1.82, 2.24) is 10.3 Å². The van der Waals surface area contributed by atoms with Gasteiger partial charge in [-0.2, -0.15) is 4.98 Å². The van der Waals surface area contributed by atoms with Crippen molar-refractivity contribution in [2.45, 2.75) is 20.3 Å². The molecule has 2 N–H and O–H groups in total. The molecule has 0 unspecified atom stereocenters. The van der Waals surface area contributed by atoms with Crippen LogP contribution in [0.3, 0.4) is 0 Å². The van der Waals surface area contributed by atoms with Crippen LogP contribution in [0.2, 0.25) is 5.35 Å². The highest BCUT2D eigenvalue weighted by molar-refractivity contribution is 6.28. The summed E-state index contributed by atoms with van der Waals surface area (Å²) in [5.74, 6) is -0.449. The molecular weight excluding hydrogens is 354 g/mol. The average Bonchev–Trinajstić information content (AvgIpc) is 2.97. The third kappa shape index (κ3) is 4.21. The lowest BCUT2D eigenvalue weighted by Crippen LogP contribution is -2.27. The first kappa shape index (κ1) is 17.9. The fourth-order valence-corrected chi connectivity index (χ4v) is 2.69. The number of carbonyl (C=O) groups is 2. The zero-order chi connectivity index (χ0) is 18.7. The van der Waals surface area contributed by atoms with Crippen LogP contribution in [0.25, 0.3) is 11.1 Å². The fraction of sp³-hybridized carbons (Fsp3) is 0.211. The van der Waals surface area contributed by atoms with Crippen molar-refractivity contribution in [3.05, 3.63) is 58.4 Å². The van der Waals surface area contributed by atoms with E-state index in [1.54, 1.807) is 18.2 Å². The lowest BCUT2D eigenvalue weighted by Gasteiger charge is -2.10. The fourth-order valence-electron chi connectivity index (χ4n) is 2.51. The molecule has 26 heavy (non-hydrogen) atoms. The topological polar surface area (TPSA) is 84.2 Å². The molecule has 7 heteroatoms. The van der Waals surface area contributed by atoms with Crippen LogP contribution < -0.4 is 10.6 Å². The Bertz CT molecular complexity index is 981. The van der Waals surface area contributed by atoms with Crippen LogP contribution in [0.15, 0.2) is 40.8 Å². The van der Waals surface area contributed by atoms with E-state index in [4.69, 9.17) is 16.0 Å². The molecular formula is C19H18ClN3O3. The number of halogens is 1. The zero-order valence-electron chi connectivity index (χ0n) is 14.4. The Morgan fingerprint density at radius 3 is 2.77 bits per heavy atom. The number of hydrogen-bond donors (Lipinski definition) is 2. The summed E-state index contributed by atoms with van der Waals surface area (Å²) in [5.41, 5.74) is 4.29. The summed E-state index contributed by atoms with van der Waals surface area (Å²) in [6.07, 6.45) is 0.176. The van der Waals surface area contributed by atoms with E-state index >= 15 is 0 Å². The maximum Gasteiger partial charge on any atom is 0.293 e. The third-order valence-electron chi connectivity index (χ3n) is 3.93. The third-order valence-corrected chi connectivity index (χ3v) is 4.09. The minimum Gasteiger partial charge on any atom is -0.428 e. The molecule has 0 spiro atoms. The number of nitrogens with zero attached hydrogens (tertiary/aromatic N) is 1. The molecule has 0 radical (unpaired) electrons. The van der Waals surface area contributed by atoms with Gasteiger partial charge in [0.15, 0.2) is 5.58 Å².